The van der Waals surface area contributed by atoms with Gasteiger partial charge in [0.2, 0.25) is 0 Å². The second kappa shape index (κ2) is 6.10. The summed E-state index contributed by atoms with van der Waals surface area (Å²) in [7, 11) is 0. The molecule has 0 unspecified atom stereocenters. The summed E-state index contributed by atoms with van der Waals surface area (Å²) in [6.07, 6.45) is 4.76. The van der Waals surface area contributed by atoms with Crippen LogP contribution in [0.5, 0.6) is 0 Å². The van der Waals surface area contributed by atoms with Gasteiger partial charge < -0.3 is 5.32 Å². The Morgan fingerprint density at radius 1 is 1.35 bits per heavy atom. The zero-order valence-electron chi connectivity index (χ0n) is 10.2. The van der Waals surface area contributed by atoms with Crippen LogP contribution in [0.25, 0.3) is 0 Å². The molecule has 1 N–H and O–H groups in total. The Bertz CT molecular complexity index is 386. The van der Waals surface area contributed by atoms with Gasteiger partial charge in [0.1, 0.15) is 0 Å². The molecule has 2 rings (SSSR count). The average molecular weight is 249 g/mol. The van der Waals surface area contributed by atoms with Crippen molar-refractivity contribution in [3.63, 3.8) is 0 Å². The number of rotatable bonds is 4. The first-order valence-electron chi connectivity index (χ1n) is 6.34. The quantitative estimate of drug-likeness (QED) is 0.828. The topological polar surface area (TPSA) is 29.1 Å². The minimum absolute atomic E-state index is 0.0912. The first-order valence-corrected chi connectivity index (χ1v) is 7.32. The maximum absolute atomic E-state index is 12.2. The van der Waals surface area contributed by atoms with Crippen molar-refractivity contribution in [3.05, 3.63) is 29.8 Å². The summed E-state index contributed by atoms with van der Waals surface area (Å²) in [5, 5.41) is 3.14. The lowest BCUT2D eigenvalue weighted by atomic mass is 10.2. The number of benzene rings is 1. The molecule has 1 aromatic rings. The summed E-state index contributed by atoms with van der Waals surface area (Å²) >= 11 is 1.73. The summed E-state index contributed by atoms with van der Waals surface area (Å²) in [5.74, 6) is 1.08. The maximum Gasteiger partial charge on any atom is 0.252 e. The molecule has 2 nitrogen and oxygen atoms in total. The van der Waals surface area contributed by atoms with Crippen LogP contribution in [-0.2, 0) is 0 Å². The Hall–Kier alpha value is -0.960. The van der Waals surface area contributed by atoms with E-state index in [2.05, 4.69) is 12.2 Å². The van der Waals surface area contributed by atoms with Crippen molar-refractivity contribution < 1.29 is 4.79 Å². The largest absolute Gasteiger partial charge is 0.349 e. The molecule has 0 aromatic heterocycles. The molecule has 3 heteroatoms. The number of carbonyl (C=O) groups is 1. The molecular weight excluding hydrogens is 230 g/mol. The monoisotopic (exact) mass is 249 g/mol. The molecule has 92 valence electrons. The van der Waals surface area contributed by atoms with Gasteiger partial charge in [0, 0.05) is 10.9 Å². The van der Waals surface area contributed by atoms with Crippen LogP contribution in [0.2, 0.25) is 0 Å². The normalized spacial score (nSPS) is 16.1. The van der Waals surface area contributed by atoms with Crippen molar-refractivity contribution in [2.45, 2.75) is 43.5 Å². The van der Waals surface area contributed by atoms with Crippen molar-refractivity contribution in [1.82, 2.24) is 5.32 Å². The van der Waals surface area contributed by atoms with E-state index in [4.69, 9.17) is 0 Å². The molecule has 1 amide bonds. The smallest absolute Gasteiger partial charge is 0.252 e. The molecule has 1 aliphatic carbocycles. The van der Waals surface area contributed by atoms with Crippen LogP contribution >= 0.6 is 11.8 Å². The van der Waals surface area contributed by atoms with Crippen LogP contribution in [0.15, 0.2) is 29.2 Å². The number of carbonyl (C=O) groups excluding carboxylic acids is 1. The number of thioether (sulfide) groups is 1. The predicted octanol–water partition coefficient (Wildman–Crippen LogP) is 3.47. The molecule has 0 atom stereocenters. The van der Waals surface area contributed by atoms with E-state index in [1.807, 2.05) is 24.3 Å². The molecule has 1 aromatic carbocycles. The summed E-state index contributed by atoms with van der Waals surface area (Å²) < 4.78 is 0. The van der Waals surface area contributed by atoms with Crippen LogP contribution < -0.4 is 5.32 Å². The summed E-state index contributed by atoms with van der Waals surface area (Å²) in [6.45, 7) is 2.11. The van der Waals surface area contributed by atoms with Gasteiger partial charge in [0.25, 0.3) is 5.91 Å². The molecule has 0 heterocycles. The standard InChI is InChI=1S/C14H19NOS/c1-2-17-13-10-6-5-9-12(13)14(16)15-11-7-3-4-8-11/h5-6,9-11H,2-4,7-8H2,1H3,(H,15,16). The second-order valence-electron chi connectivity index (χ2n) is 4.38. The van der Waals surface area contributed by atoms with E-state index in [1.54, 1.807) is 11.8 Å². The van der Waals surface area contributed by atoms with Crippen LogP contribution in [-0.4, -0.2) is 17.7 Å². The molecule has 1 fully saturated rings. The number of nitrogens with one attached hydrogen (secondary N) is 1. The average Bonchev–Trinajstić information content (AvgIpc) is 2.83. The minimum Gasteiger partial charge on any atom is -0.349 e. The van der Waals surface area contributed by atoms with E-state index in [1.165, 1.54) is 12.8 Å². The summed E-state index contributed by atoms with van der Waals surface area (Å²) in [6, 6.07) is 8.26. The fourth-order valence-corrected chi connectivity index (χ4v) is 3.07. The van der Waals surface area contributed by atoms with Gasteiger partial charge >= 0.3 is 0 Å². The third-order valence-corrected chi connectivity index (χ3v) is 4.08. The van der Waals surface area contributed by atoms with Gasteiger partial charge in [-0.1, -0.05) is 31.9 Å². The third kappa shape index (κ3) is 3.25. The van der Waals surface area contributed by atoms with Crippen LogP contribution in [0.4, 0.5) is 0 Å². The third-order valence-electron chi connectivity index (χ3n) is 3.12. The maximum atomic E-state index is 12.2. The van der Waals surface area contributed by atoms with E-state index < -0.39 is 0 Å². The van der Waals surface area contributed by atoms with Gasteiger partial charge in [-0.2, -0.15) is 0 Å². The lowest BCUT2D eigenvalue weighted by molar-refractivity contribution is 0.0935. The highest BCUT2D eigenvalue weighted by Crippen LogP contribution is 2.23. The van der Waals surface area contributed by atoms with E-state index in [9.17, 15) is 4.79 Å². The molecule has 0 bridgehead atoms. The van der Waals surface area contributed by atoms with Crippen molar-refractivity contribution in [3.8, 4) is 0 Å². The zero-order valence-corrected chi connectivity index (χ0v) is 11.1. The number of hydrogen-bond donors (Lipinski definition) is 1. The van der Waals surface area contributed by atoms with Gasteiger partial charge in [0.15, 0.2) is 0 Å². The molecule has 1 aliphatic rings. The van der Waals surface area contributed by atoms with Gasteiger partial charge in [0.05, 0.1) is 5.56 Å². The highest BCUT2D eigenvalue weighted by atomic mass is 32.2. The molecule has 0 aliphatic heterocycles. The van der Waals surface area contributed by atoms with Crippen molar-refractivity contribution in [2.24, 2.45) is 0 Å². The molecule has 0 saturated heterocycles. The van der Waals surface area contributed by atoms with Crippen molar-refractivity contribution in [1.29, 1.82) is 0 Å². The van der Waals surface area contributed by atoms with Crippen molar-refractivity contribution in [2.75, 3.05) is 5.75 Å². The first-order chi connectivity index (χ1) is 8.31. The lowest BCUT2D eigenvalue weighted by Crippen LogP contribution is -2.32. The number of hydrogen-bond acceptors (Lipinski definition) is 2. The second-order valence-corrected chi connectivity index (χ2v) is 5.69. The zero-order chi connectivity index (χ0) is 12.1. The fraction of sp³-hybridized carbons (Fsp3) is 0.500. The van der Waals surface area contributed by atoms with E-state index in [-0.39, 0.29) is 5.91 Å². The molecular formula is C14H19NOS. The van der Waals surface area contributed by atoms with Crippen LogP contribution in [0.1, 0.15) is 43.0 Å². The predicted molar refractivity (Wildman–Crippen MR) is 72.6 cm³/mol. The van der Waals surface area contributed by atoms with E-state index in [0.717, 1.165) is 29.1 Å². The Labute approximate surface area is 107 Å². The van der Waals surface area contributed by atoms with Gasteiger partial charge in [-0.25, -0.2) is 0 Å². The van der Waals surface area contributed by atoms with E-state index in [0.29, 0.717) is 6.04 Å². The molecule has 0 radical (unpaired) electrons. The SMILES string of the molecule is CCSc1ccccc1C(=O)NC1CCCC1. The Morgan fingerprint density at radius 3 is 2.76 bits per heavy atom. The first kappa shape index (κ1) is 12.5. The molecule has 17 heavy (non-hydrogen) atoms. The van der Waals surface area contributed by atoms with Crippen molar-refractivity contribution >= 4 is 17.7 Å². The van der Waals surface area contributed by atoms with Gasteiger partial charge in [-0.05, 0) is 30.7 Å². The highest BCUT2D eigenvalue weighted by Gasteiger charge is 2.19. The minimum atomic E-state index is 0.0912. The molecule has 0 spiro atoms. The van der Waals surface area contributed by atoms with Crippen LogP contribution in [0, 0.1) is 0 Å². The Kier molecular flexibility index (Phi) is 4.49. The number of amides is 1. The highest BCUT2D eigenvalue weighted by molar-refractivity contribution is 7.99. The van der Waals surface area contributed by atoms with Crippen LogP contribution in [0.3, 0.4) is 0 Å². The fourth-order valence-electron chi connectivity index (χ4n) is 2.27. The Morgan fingerprint density at radius 2 is 2.06 bits per heavy atom. The summed E-state index contributed by atoms with van der Waals surface area (Å²) in [4.78, 5) is 13.3. The van der Waals surface area contributed by atoms with E-state index >= 15 is 0 Å². The van der Waals surface area contributed by atoms with Gasteiger partial charge in [-0.15, -0.1) is 11.8 Å². The lowest BCUT2D eigenvalue weighted by Gasteiger charge is -2.13. The summed E-state index contributed by atoms with van der Waals surface area (Å²) in [5.41, 5.74) is 0.825. The molecule has 1 saturated carbocycles. The van der Waals surface area contributed by atoms with Gasteiger partial charge in [-0.3, -0.25) is 4.79 Å². The Balaban J connectivity index is 2.06.